The summed E-state index contributed by atoms with van der Waals surface area (Å²) in [7, 11) is 0. The minimum atomic E-state index is -0.767. The van der Waals surface area contributed by atoms with E-state index in [1.807, 2.05) is 12.3 Å². The van der Waals surface area contributed by atoms with Crippen molar-refractivity contribution in [1.82, 2.24) is 25.4 Å². The molecule has 3 atom stereocenters. The molecule has 1 unspecified atom stereocenters. The summed E-state index contributed by atoms with van der Waals surface area (Å²) in [6.45, 7) is 4.89. The quantitative estimate of drug-likeness (QED) is 0.645. The van der Waals surface area contributed by atoms with Gasteiger partial charge < -0.3 is 19.8 Å². The second-order valence-electron chi connectivity index (χ2n) is 8.03. The summed E-state index contributed by atoms with van der Waals surface area (Å²) in [4.78, 5) is 3.07. The topological polar surface area (TPSA) is 113 Å². The molecule has 0 spiro atoms. The van der Waals surface area contributed by atoms with Crippen molar-refractivity contribution in [3.63, 3.8) is 0 Å². The summed E-state index contributed by atoms with van der Waals surface area (Å²) in [5.41, 5.74) is 1.15. The van der Waals surface area contributed by atoms with Crippen LogP contribution in [0.25, 0.3) is 22.6 Å². The summed E-state index contributed by atoms with van der Waals surface area (Å²) in [5, 5.41) is 31.8. The van der Waals surface area contributed by atoms with Gasteiger partial charge in [0.15, 0.2) is 11.3 Å². The van der Waals surface area contributed by atoms with Crippen molar-refractivity contribution in [3.8, 4) is 11.6 Å². The Hall–Kier alpha value is -2.48. The largest absolute Gasteiger partial charge is 0.422 e. The van der Waals surface area contributed by atoms with Gasteiger partial charge in [0.25, 0.3) is 5.89 Å². The predicted molar refractivity (Wildman–Crippen MR) is 102 cm³/mol. The van der Waals surface area contributed by atoms with Crippen LogP contribution in [0.15, 0.2) is 23.1 Å². The average molecular weight is 370 g/mol. The highest BCUT2D eigenvalue weighted by atomic mass is 16.4. The van der Waals surface area contributed by atoms with Crippen molar-refractivity contribution < 1.29 is 9.52 Å². The smallest absolute Gasteiger partial charge is 0.270 e. The van der Waals surface area contributed by atoms with E-state index in [1.165, 1.54) is 25.7 Å². The van der Waals surface area contributed by atoms with Gasteiger partial charge in [0, 0.05) is 18.1 Å². The number of aliphatic hydroxyl groups is 1. The molecule has 0 bridgehead atoms. The maximum absolute atomic E-state index is 11.4. The van der Waals surface area contributed by atoms with Gasteiger partial charge in [0.1, 0.15) is 0 Å². The van der Waals surface area contributed by atoms with Crippen LogP contribution in [0.2, 0.25) is 0 Å². The molecule has 1 saturated carbocycles. The molecular weight excluding hydrogens is 344 g/mol. The van der Waals surface area contributed by atoms with E-state index < -0.39 is 5.60 Å². The van der Waals surface area contributed by atoms with E-state index in [0.717, 1.165) is 23.9 Å². The average Bonchev–Trinajstić information content (AvgIpc) is 3.29. The number of rotatable bonds is 4. The Balaban J connectivity index is 1.64. The van der Waals surface area contributed by atoms with Crippen LogP contribution in [0.4, 0.5) is 5.69 Å². The Morgan fingerprint density at radius 3 is 2.70 bits per heavy atom. The number of aromatic amines is 1. The lowest BCUT2D eigenvalue weighted by Crippen LogP contribution is -2.41. The zero-order chi connectivity index (χ0) is 18.9. The number of nitrogens with zero attached hydrogens (tertiary/aromatic N) is 4. The first-order chi connectivity index (χ1) is 13.0. The van der Waals surface area contributed by atoms with Gasteiger partial charge >= 0.3 is 0 Å². The molecule has 1 aliphatic carbocycles. The Bertz CT molecular complexity index is 879. The minimum absolute atomic E-state index is 0.305. The molecule has 3 aromatic rings. The fourth-order valence-corrected chi connectivity index (χ4v) is 4.32. The molecule has 3 heterocycles. The monoisotopic (exact) mass is 370 g/mol. The highest BCUT2D eigenvalue weighted by molar-refractivity contribution is 5.95. The lowest BCUT2D eigenvalue weighted by Gasteiger charge is -2.36. The van der Waals surface area contributed by atoms with Crippen LogP contribution in [-0.4, -0.2) is 42.6 Å². The van der Waals surface area contributed by atoms with Crippen molar-refractivity contribution in [3.05, 3.63) is 18.7 Å². The van der Waals surface area contributed by atoms with E-state index in [4.69, 9.17) is 4.42 Å². The van der Waals surface area contributed by atoms with Gasteiger partial charge in [-0.05, 0) is 30.7 Å². The molecule has 0 amide bonds. The first kappa shape index (κ1) is 17.9. The molecule has 4 rings (SSSR count). The predicted octanol–water partition coefficient (Wildman–Crippen LogP) is 3.39. The van der Waals surface area contributed by atoms with Crippen molar-refractivity contribution >= 4 is 16.7 Å². The summed E-state index contributed by atoms with van der Waals surface area (Å²) >= 11 is 0. The van der Waals surface area contributed by atoms with Crippen molar-refractivity contribution in [2.24, 2.45) is 11.8 Å². The first-order valence-electron chi connectivity index (χ1n) is 9.61. The summed E-state index contributed by atoms with van der Waals surface area (Å²) in [6, 6.07) is 1.93. The van der Waals surface area contributed by atoms with Gasteiger partial charge in [-0.1, -0.05) is 33.1 Å². The molecule has 8 nitrogen and oxygen atoms in total. The zero-order valence-corrected chi connectivity index (χ0v) is 15.8. The second-order valence-corrected chi connectivity index (χ2v) is 8.03. The third kappa shape index (κ3) is 3.80. The standard InChI is InChI=1S/C19H26N6O2/c1-12-4-3-5-13(2)9-19(26,8-12)10-21-15-14-6-7-20-17(14)24-23-16(15)18-25-22-11-27-18/h6-7,11-13,26H,3-5,8-10H2,1-2H3,(H2,20,21,24)/t12-,13+,19?. The molecule has 0 aromatic carbocycles. The van der Waals surface area contributed by atoms with E-state index in [1.54, 1.807) is 0 Å². The third-order valence-electron chi connectivity index (χ3n) is 5.49. The van der Waals surface area contributed by atoms with Crippen molar-refractivity contribution in [1.29, 1.82) is 0 Å². The number of H-pyrrole nitrogens is 1. The third-order valence-corrected chi connectivity index (χ3v) is 5.49. The van der Waals surface area contributed by atoms with Crippen LogP contribution in [0.5, 0.6) is 0 Å². The molecule has 0 saturated heterocycles. The van der Waals surface area contributed by atoms with Crippen LogP contribution in [-0.2, 0) is 0 Å². The van der Waals surface area contributed by atoms with Gasteiger partial charge in [-0.3, -0.25) is 0 Å². The van der Waals surface area contributed by atoms with Crippen LogP contribution >= 0.6 is 0 Å². The van der Waals surface area contributed by atoms with E-state index in [-0.39, 0.29) is 0 Å². The van der Waals surface area contributed by atoms with Crippen molar-refractivity contribution in [2.45, 2.75) is 51.6 Å². The lowest BCUT2D eigenvalue weighted by molar-refractivity contribution is -0.000103. The van der Waals surface area contributed by atoms with Gasteiger partial charge in [0.2, 0.25) is 6.39 Å². The summed E-state index contributed by atoms with van der Waals surface area (Å²) in [5.74, 6) is 1.31. The normalized spacial score (nSPS) is 26.6. The first-order valence-corrected chi connectivity index (χ1v) is 9.61. The number of anilines is 1. The fourth-order valence-electron chi connectivity index (χ4n) is 4.32. The number of hydrogen-bond donors (Lipinski definition) is 3. The molecule has 27 heavy (non-hydrogen) atoms. The van der Waals surface area contributed by atoms with Gasteiger partial charge in [-0.2, -0.15) is 0 Å². The molecule has 1 fully saturated rings. The zero-order valence-electron chi connectivity index (χ0n) is 15.8. The van der Waals surface area contributed by atoms with E-state index in [2.05, 4.69) is 44.5 Å². The van der Waals surface area contributed by atoms with E-state index in [0.29, 0.717) is 35.6 Å². The van der Waals surface area contributed by atoms with Crippen molar-refractivity contribution in [2.75, 3.05) is 11.9 Å². The molecule has 144 valence electrons. The maximum Gasteiger partial charge on any atom is 0.270 e. The maximum atomic E-state index is 11.4. The van der Waals surface area contributed by atoms with Gasteiger partial charge in [-0.15, -0.1) is 20.4 Å². The van der Waals surface area contributed by atoms with Gasteiger partial charge in [-0.25, -0.2) is 0 Å². The van der Waals surface area contributed by atoms with Crippen LogP contribution < -0.4 is 5.32 Å². The Kier molecular flexibility index (Phi) is 4.82. The Morgan fingerprint density at radius 2 is 2.00 bits per heavy atom. The summed E-state index contributed by atoms with van der Waals surface area (Å²) < 4.78 is 5.34. The van der Waals surface area contributed by atoms with Crippen LogP contribution in [0.1, 0.15) is 46.0 Å². The molecule has 3 aromatic heterocycles. The number of hydrogen-bond acceptors (Lipinski definition) is 7. The van der Waals surface area contributed by atoms with E-state index >= 15 is 0 Å². The molecule has 3 N–H and O–H groups in total. The molecule has 0 radical (unpaired) electrons. The Labute approximate surface area is 157 Å². The SMILES string of the molecule is C[C@@H]1CCC[C@H](C)CC(O)(CNc2c(-c3nnco3)nnc3[nH]ccc23)C1. The Morgan fingerprint density at radius 1 is 1.22 bits per heavy atom. The number of fused-ring (bicyclic) bond motifs is 1. The highest BCUT2D eigenvalue weighted by Crippen LogP contribution is 2.35. The number of nitrogens with one attached hydrogen (secondary N) is 2. The number of aromatic nitrogens is 5. The van der Waals surface area contributed by atoms with Crippen LogP contribution in [0.3, 0.4) is 0 Å². The van der Waals surface area contributed by atoms with Crippen LogP contribution in [0, 0.1) is 11.8 Å². The lowest BCUT2D eigenvalue weighted by atomic mass is 9.78. The molecule has 1 aliphatic rings. The van der Waals surface area contributed by atoms with Gasteiger partial charge in [0.05, 0.1) is 11.3 Å². The molecular formula is C19H26N6O2. The fraction of sp³-hybridized carbons (Fsp3) is 0.579. The second kappa shape index (κ2) is 7.26. The van der Waals surface area contributed by atoms with E-state index in [9.17, 15) is 5.11 Å². The molecule has 8 heteroatoms. The summed E-state index contributed by atoms with van der Waals surface area (Å²) in [6.07, 6.45) is 8.23. The minimum Gasteiger partial charge on any atom is -0.422 e. The highest BCUT2D eigenvalue weighted by Gasteiger charge is 2.33. The molecule has 0 aliphatic heterocycles.